The average Bonchev–Trinajstić information content (AvgIpc) is 2.65. The highest BCUT2D eigenvalue weighted by molar-refractivity contribution is 5.98. The second-order valence-corrected chi connectivity index (χ2v) is 7.53. The predicted molar refractivity (Wildman–Crippen MR) is 99.9 cm³/mol. The molecule has 6 nitrogen and oxygen atoms in total. The van der Waals surface area contributed by atoms with E-state index in [4.69, 9.17) is 0 Å². The normalized spacial score (nSPS) is 17.7. The van der Waals surface area contributed by atoms with Crippen LogP contribution in [0.1, 0.15) is 49.0 Å². The predicted octanol–water partition coefficient (Wildman–Crippen LogP) is 2.29. The van der Waals surface area contributed by atoms with Crippen molar-refractivity contribution >= 4 is 23.4 Å². The van der Waals surface area contributed by atoms with E-state index in [9.17, 15) is 14.4 Å². The highest BCUT2D eigenvalue weighted by atomic mass is 16.2. The highest BCUT2D eigenvalue weighted by Gasteiger charge is 2.30. The van der Waals surface area contributed by atoms with Crippen LogP contribution in [-0.4, -0.2) is 53.7 Å². The Labute approximate surface area is 154 Å². The number of rotatable bonds is 3. The number of aryl methyl sites for hydroxylation is 1. The third-order valence-corrected chi connectivity index (χ3v) is 5.50. The molecule has 3 amide bonds. The van der Waals surface area contributed by atoms with Crippen molar-refractivity contribution in [1.82, 2.24) is 9.80 Å². The second kappa shape index (κ2) is 7.48. The summed E-state index contributed by atoms with van der Waals surface area (Å²) < 4.78 is 0. The van der Waals surface area contributed by atoms with Crippen LogP contribution in [0.25, 0.3) is 0 Å². The number of carbonyl (C=O) groups is 3. The first-order chi connectivity index (χ1) is 12.4. The van der Waals surface area contributed by atoms with Gasteiger partial charge in [-0.15, -0.1) is 0 Å². The molecule has 0 aliphatic carbocycles. The van der Waals surface area contributed by atoms with Crippen LogP contribution in [0.2, 0.25) is 0 Å². The SMILES string of the molecule is CC(C)N(C)C(=O)C1CCN(C(=O)c2ccc3c(c2)CCC(=O)N3)CC1. The molecule has 6 heteroatoms. The smallest absolute Gasteiger partial charge is 0.253 e. The minimum Gasteiger partial charge on any atom is -0.343 e. The quantitative estimate of drug-likeness (QED) is 0.902. The molecule has 2 heterocycles. The first kappa shape index (κ1) is 18.4. The van der Waals surface area contributed by atoms with Gasteiger partial charge >= 0.3 is 0 Å². The molecular weight excluding hydrogens is 330 g/mol. The Morgan fingerprint density at radius 1 is 1.19 bits per heavy atom. The maximum absolute atomic E-state index is 12.8. The summed E-state index contributed by atoms with van der Waals surface area (Å²) >= 11 is 0. The summed E-state index contributed by atoms with van der Waals surface area (Å²) in [5.41, 5.74) is 2.47. The van der Waals surface area contributed by atoms with E-state index in [2.05, 4.69) is 5.32 Å². The molecule has 1 saturated heterocycles. The average molecular weight is 357 g/mol. The molecule has 1 aromatic carbocycles. The Kier molecular flexibility index (Phi) is 5.30. The molecule has 0 aromatic heterocycles. The third-order valence-electron chi connectivity index (χ3n) is 5.50. The monoisotopic (exact) mass is 357 g/mol. The number of fused-ring (bicyclic) bond motifs is 1. The molecule has 2 aliphatic heterocycles. The van der Waals surface area contributed by atoms with Gasteiger partial charge in [0.2, 0.25) is 11.8 Å². The number of amides is 3. The van der Waals surface area contributed by atoms with Crippen LogP contribution in [0.15, 0.2) is 18.2 Å². The molecule has 140 valence electrons. The van der Waals surface area contributed by atoms with Gasteiger partial charge in [-0.1, -0.05) is 0 Å². The Morgan fingerprint density at radius 2 is 1.88 bits per heavy atom. The lowest BCUT2D eigenvalue weighted by Crippen LogP contribution is -2.45. The van der Waals surface area contributed by atoms with Crippen molar-refractivity contribution in [3.8, 4) is 0 Å². The van der Waals surface area contributed by atoms with Gasteiger partial charge in [-0.25, -0.2) is 0 Å². The minimum absolute atomic E-state index is 0.00481. The van der Waals surface area contributed by atoms with Gasteiger partial charge in [-0.3, -0.25) is 14.4 Å². The Morgan fingerprint density at radius 3 is 2.54 bits per heavy atom. The van der Waals surface area contributed by atoms with Crippen molar-refractivity contribution in [2.75, 3.05) is 25.5 Å². The van der Waals surface area contributed by atoms with Gasteiger partial charge in [0.15, 0.2) is 0 Å². The van der Waals surface area contributed by atoms with Gasteiger partial charge in [0.25, 0.3) is 5.91 Å². The zero-order valence-electron chi connectivity index (χ0n) is 15.7. The van der Waals surface area contributed by atoms with Crippen LogP contribution in [-0.2, 0) is 16.0 Å². The summed E-state index contributed by atoms with van der Waals surface area (Å²) in [6.07, 6.45) is 2.55. The zero-order chi connectivity index (χ0) is 18.8. The van der Waals surface area contributed by atoms with Crippen molar-refractivity contribution in [3.63, 3.8) is 0 Å². The molecule has 0 unspecified atom stereocenters. The van der Waals surface area contributed by atoms with Gasteiger partial charge in [-0.05, 0) is 56.9 Å². The number of carbonyl (C=O) groups excluding carboxylic acids is 3. The first-order valence-electron chi connectivity index (χ1n) is 9.35. The van der Waals surface area contributed by atoms with Crippen molar-refractivity contribution in [1.29, 1.82) is 0 Å². The van der Waals surface area contributed by atoms with Gasteiger partial charge in [-0.2, -0.15) is 0 Å². The Bertz CT molecular complexity index is 721. The number of hydrogen-bond donors (Lipinski definition) is 1. The lowest BCUT2D eigenvalue weighted by atomic mass is 9.94. The van der Waals surface area contributed by atoms with E-state index in [1.165, 1.54) is 0 Å². The van der Waals surface area contributed by atoms with Crippen molar-refractivity contribution < 1.29 is 14.4 Å². The molecule has 3 rings (SSSR count). The lowest BCUT2D eigenvalue weighted by molar-refractivity contribution is -0.137. The number of hydrogen-bond acceptors (Lipinski definition) is 3. The van der Waals surface area contributed by atoms with Crippen LogP contribution < -0.4 is 5.32 Å². The molecular formula is C20H27N3O3. The third kappa shape index (κ3) is 3.74. The van der Waals surface area contributed by atoms with Crippen molar-refractivity contribution in [2.45, 2.75) is 45.6 Å². The summed E-state index contributed by atoms with van der Waals surface area (Å²) in [7, 11) is 1.84. The van der Waals surface area contributed by atoms with E-state index < -0.39 is 0 Å². The van der Waals surface area contributed by atoms with E-state index in [-0.39, 0.29) is 29.7 Å². The fraction of sp³-hybridized carbons (Fsp3) is 0.550. The maximum Gasteiger partial charge on any atom is 0.253 e. The first-order valence-corrected chi connectivity index (χ1v) is 9.35. The molecule has 1 fully saturated rings. The number of nitrogens with zero attached hydrogens (tertiary/aromatic N) is 2. The van der Waals surface area contributed by atoms with Crippen molar-refractivity contribution in [3.05, 3.63) is 29.3 Å². The van der Waals surface area contributed by atoms with E-state index in [1.54, 1.807) is 11.0 Å². The van der Waals surface area contributed by atoms with E-state index in [0.717, 1.165) is 11.3 Å². The summed E-state index contributed by atoms with van der Waals surface area (Å²) in [6, 6.07) is 5.67. The number of likely N-dealkylation sites (tertiary alicyclic amines) is 1. The van der Waals surface area contributed by atoms with Gasteiger partial charge in [0, 0.05) is 49.8 Å². The highest BCUT2D eigenvalue weighted by Crippen LogP contribution is 2.26. The fourth-order valence-corrected chi connectivity index (χ4v) is 3.57. The number of anilines is 1. The van der Waals surface area contributed by atoms with Crippen LogP contribution >= 0.6 is 0 Å². The summed E-state index contributed by atoms with van der Waals surface area (Å²) in [5.74, 6) is 0.212. The topological polar surface area (TPSA) is 69.7 Å². The number of benzene rings is 1. The van der Waals surface area contributed by atoms with Crippen LogP contribution in [0.3, 0.4) is 0 Å². The molecule has 0 saturated carbocycles. The van der Waals surface area contributed by atoms with Gasteiger partial charge in [0.05, 0.1) is 0 Å². The Hall–Kier alpha value is -2.37. The molecule has 1 N–H and O–H groups in total. The molecule has 0 radical (unpaired) electrons. The van der Waals surface area contributed by atoms with E-state index in [0.29, 0.717) is 44.3 Å². The summed E-state index contributed by atoms with van der Waals surface area (Å²) in [6.45, 7) is 5.23. The largest absolute Gasteiger partial charge is 0.343 e. The molecule has 2 aliphatic rings. The molecule has 26 heavy (non-hydrogen) atoms. The maximum atomic E-state index is 12.8. The molecule has 0 bridgehead atoms. The fourth-order valence-electron chi connectivity index (χ4n) is 3.57. The summed E-state index contributed by atoms with van der Waals surface area (Å²) in [4.78, 5) is 40.4. The van der Waals surface area contributed by atoms with Gasteiger partial charge < -0.3 is 15.1 Å². The number of nitrogens with one attached hydrogen (secondary N) is 1. The Balaban J connectivity index is 1.62. The van der Waals surface area contributed by atoms with Crippen LogP contribution in [0.4, 0.5) is 5.69 Å². The van der Waals surface area contributed by atoms with Crippen molar-refractivity contribution in [2.24, 2.45) is 5.92 Å². The van der Waals surface area contributed by atoms with Crippen LogP contribution in [0, 0.1) is 5.92 Å². The molecule has 0 spiro atoms. The lowest BCUT2D eigenvalue weighted by Gasteiger charge is -2.34. The zero-order valence-corrected chi connectivity index (χ0v) is 15.7. The molecule has 0 atom stereocenters. The van der Waals surface area contributed by atoms with E-state index in [1.807, 2.05) is 37.9 Å². The molecule has 1 aromatic rings. The number of piperidine rings is 1. The van der Waals surface area contributed by atoms with Gasteiger partial charge in [0.1, 0.15) is 0 Å². The summed E-state index contributed by atoms with van der Waals surface area (Å²) in [5, 5.41) is 2.84. The van der Waals surface area contributed by atoms with Crippen LogP contribution in [0.5, 0.6) is 0 Å². The second-order valence-electron chi connectivity index (χ2n) is 7.53. The standard InChI is InChI=1S/C20H27N3O3/c1-13(2)22(3)19(25)14-8-10-23(11-9-14)20(26)16-4-6-17-15(12-16)5-7-18(24)21-17/h4,6,12-14H,5,7-11H2,1-3H3,(H,21,24). The van der Waals surface area contributed by atoms with E-state index >= 15 is 0 Å². The minimum atomic E-state index is 0.00481.